The van der Waals surface area contributed by atoms with Gasteiger partial charge in [-0.3, -0.25) is 0 Å². The maximum absolute atomic E-state index is 5.50. The molecule has 2 heteroatoms. The topological polar surface area (TPSA) is 21.6 Å². The van der Waals surface area contributed by atoms with Crippen LogP contribution in [0, 0.1) is 11.8 Å². The van der Waals surface area contributed by atoms with Crippen LogP contribution in [0.1, 0.15) is 46.0 Å². The van der Waals surface area contributed by atoms with Gasteiger partial charge in [0.2, 0.25) is 0 Å². The molecule has 1 aliphatic heterocycles. The second-order valence-corrected chi connectivity index (χ2v) is 4.56. The molecule has 0 aromatic rings. The number of hydrogen-bond acceptors (Lipinski definition) is 2. The molecule has 1 fully saturated rings. The van der Waals surface area contributed by atoms with Crippen molar-refractivity contribution in [3.8, 4) is 0 Å². The highest BCUT2D eigenvalue weighted by atomic mass is 16.6. The van der Waals surface area contributed by atoms with Crippen LogP contribution in [0.2, 0.25) is 0 Å². The average Bonchev–Trinajstić information content (AvgIpc) is 2.36. The van der Waals surface area contributed by atoms with Crippen LogP contribution in [-0.2, 0) is 4.84 Å². The van der Waals surface area contributed by atoms with Crippen molar-refractivity contribution in [3.63, 3.8) is 0 Å². The first-order valence-corrected chi connectivity index (χ1v) is 5.52. The standard InChI is InChI=1S/C11H19NO/c1-8(2)11-9-6-4-3-5-7-10(9)13-12-11/h8-10H,3-7H2,1-2H3. The second-order valence-electron chi connectivity index (χ2n) is 4.56. The third kappa shape index (κ3) is 1.72. The van der Waals surface area contributed by atoms with E-state index in [-0.39, 0.29) is 0 Å². The maximum Gasteiger partial charge on any atom is 0.135 e. The molecular weight excluding hydrogens is 162 g/mol. The molecular formula is C11H19NO. The van der Waals surface area contributed by atoms with Gasteiger partial charge < -0.3 is 4.84 Å². The molecule has 0 bridgehead atoms. The van der Waals surface area contributed by atoms with Gasteiger partial charge in [0.1, 0.15) is 6.10 Å². The van der Waals surface area contributed by atoms with E-state index in [1.165, 1.54) is 37.8 Å². The number of oxime groups is 1. The van der Waals surface area contributed by atoms with E-state index in [0.717, 1.165) is 0 Å². The number of hydrogen-bond donors (Lipinski definition) is 0. The fourth-order valence-electron chi connectivity index (χ4n) is 2.47. The quantitative estimate of drug-likeness (QED) is 0.609. The highest BCUT2D eigenvalue weighted by molar-refractivity contribution is 5.89. The minimum atomic E-state index is 0.417. The maximum atomic E-state index is 5.50. The molecule has 0 saturated heterocycles. The van der Waals surface area contributed by atoms with Gasteiger partial charge in [-0.25, -0.2) is 0 Å². The van der Waals surface area contributed by atoms with Crippen LogP contribution in [0.3, 0.4) is 0 Å². The van der Waals surface area contributed by atoms with Gasteiger partial charge in [-0.05, 0) is 25.2 Å². The number of nitrogens with zero attached hydrogens (tertiary/aromatic N) is 1. The zero-order valence-electron chi connectivity index (χ0n) is 8.62. The molecule has 2 unspecified atom stereocenters. The van der Waals surface area contributed by atoms with E-state index in [4.69, 9.17) is 4.84 Å². The Morgan fingerprint density at radius 3 is 2.77 bits per heavy atom. The molecule has 1 heterocycles. The molecule has 2 atom stereocenters. The molecule has 13 heavy (non-hydrogen) atoms. The zero-order valence-corrected chi connectivity index (χ0v) is 8.62. The van der Waals surface area contributed by atoms with Crippen molar-refractivity contribution in [2.45, 2.75) is 52.1 Å². The summed E-state index contributed by atoms with van der Waals surface area (Å²) in [5.74, 6) is 1.20. The molecule has 2 aliphatic rings. The lowest BCUT2D eigenvalue weighted by Crippen LogP contribution is -2.24. The first-order chi connectivity index (χ1) is 6.29. The van der Waals surface area contributed by atoms with Crippen molar-refractivity contribution in [1.29, 1.82) is 0 Å². The Kier molecular flexibility index (Phi) is 2.56. The Morgan fingerprint density at radius 1 is 1.23 bits per heavy atom. The lowest BCUT2D eigenvalue weighted by molar-refractivity contribution is 0.0571. The fourth-order valence-corrected chi connectivity index (χ4v) is 2.47. The molecule has 1 saturated carbocycles. The Labute approximate surface area is 80.3 Å². The normalized spacial score (nSPS) is 33.6. The Hall–Kier alpha value is -0.530. The summed E-state index contributed by atoms with van der Waals surface area (Å²) >= 11 is 0. The molecule has 1 aliphatic carbocycles. The van der Waals surface area contributed by atoms with E-state index >= 15 is 0 Å². The lowest BCUT2D eigenvalue weighted by Gasteiger charge is -2.16. The Bertz CT molecular complexity index is 210. The first-order valence-electron chi connectivity index (χ1n) is 5.52. The van der Waals surface area contributed by atoms with Crippen molar-refractivity contribution < 1.29 is 4.84 Å². The smallest absolute Gasteiger partial charge is 0.135 e. The summed E-state index contributed by atoms with van der Waals surface area (Å²) < 4.78 is 0. The predicted molar refractivity (Wildman–Crippen MR) is 53.7 cm³/mol. The lowest BCUT2D eigenvalue weighted by atomic mass is 9.87. The Balaban J connectivity index is 2.07. The number of rotatable bonds is 1. The van der Waals surface area contributed by atoms with E-state index in [9.17, 15) is 0 Å². The van der Waals surface area contributed by atoms with Crippen molar-refractivity contribution in [2.24, 2.45) is 17.0 Å². The molecule has 2 rings (SSSR count). The van der Waals surface area contributed by atoms with E-state index in [1.807, 2.05) is 0 Å². The zero-order chi connectivity index (χ0) is 9.26. The summed E-state index contributed by atoms with van der Waals surface area (Å²) in [5, 5.41) is 4.24. The fraction of sp³-hybridized carbons (Fsp3) is 0.909. The average molecular weight is 181 g/mol. The van der Waals surface area contributed by atoms with Crippen LogP contribution in [0.25, 0.3) is 0 Å². The minimum absolute atomic E-state index is 0.417. The minimum Gasteiger partial charge on any atom is -0.392 e. The molecule has 0 aromatic heterocycles. The van der Waals surface area contributed by atoms with Gasteiger partial charge >= 0.3 is 0 Å². The van der Waals surface area contributed by atoms with Crippen LogP contribution < -0.4 is 0 Å². The van der Waals surface area contributed by atoms with Crippen molar-refractivity contribution >= 4 is 5.71 Å². The SMILES string of the molecule is CC(C)C1=NOC2CCCCCC12. The van der Waals surface area contributed by atoms with Crippen molar-refractivity contribution in [3.05, 3.63) is 0 Å². The molecule has 0 aromatic carbocycles. The van der Waals surface area contributed by atoms with Gasteiger partial charge in [-0.15, -0.1) is 0 Å². The largest absolute Gasteiger partial charge is 0.392 e. The second kappa shape index (κ2) is 3.69. The Morgan fingerprint density at radius 2 is 2.00 bits per heavy atom. The summed E-state index contributed by atoms with van der Waals surface area (Å²) in [7, 11) is 0. The summed E-state index contributed by atoms with van der Waals surface area (Å²) in [6.45, 7) is 4.44. The summed E-state index contributed by atoms with van der Waals surface area (Å²) in [6.07, 6.45) is 6.98. The molecule has 74 valence electrons. The van der Waals surface area contributed by atoms with E-state index < -0.39 is 0 Å². The predicted octanol–water partition coefficient (Wildman–Crippen LogP) is 2.98. The first kappa shape index (κ1) is 9.04. The third-order valence-electron chi connectivity index (χ3n) is 3.22. The van der Waals surface area contributed by atoms with Crippen LogP contribution in [0.5, 0.6) is 0 Å². The number of fused-ring (bicyclic) bond motifs is 1. The van der Waals surface area contributed by atoms with E-state index in [0.29, 0.717) is 17.9 Å². The summed E-state index contributed by atoms with van der Waals surface area (Å²) in [6, 6.07) is 0. The molecule has 0 radical (unpaired) electrons. The highest BCUT2D eigenvalue weighted by Crippen LogP contribution is 2.33. The van der Waals surface area contributed by atoms with Crippen LogP contribution in [0.15, 0.2) is 5.16 Å². The monoisotopic (exact) mass is 181 g/mol. The molecule has 2 nitrogen and oxygen atoms in total. The van der Waals surface area contributed by atoms with Gasteiger partial charge in [0.05, 0.1) is 5.71 Å². The van der Waals surface area contributed by atoms with Crippen molar-refractivity contribution in [2.75, 3.05) is 0 Å². The third-order valence-corrected chi connectivity index (χ3v) is 3.22. The van der Waals surface area contributed by atoms with Gasteiger partial charge in [0.25, 0.3) is 0 Å². The van der Waals surface area contributed by atoms with Gasteiger partial charge in [0, 0.05) is 5.92 Å². The summed E-state index contributed by atoms with van der Waals surface area (Å²) in [4.78, 5) is 5.50. The van der Waals surface area contributed by atoms with Crippen molar-refractivity contribution in [1.82, 2.24) is 0 Å². The van der Waals surface area contributed by atoms with Gasteiger partial charge in [-0.2, -0.15) is 0 Å². The molecule has 0 N–H and O–H groups in total. The van der Waals surface area contributed by atoms with E-state index in [1.54, 1.807) is 0 Å². The van der Waals surface area contributed by atoms with Gasteiger partial charge in [0.15, 0.2) is 0 Å². The van der Waals surface area contributed by atoms with Crippen LogP contribution in [-0.4, -0.2) is 11.8 Å². The highest BCUT2D eigenvalue weighted by Gasteiger charge is 2.35. The van der Waals surface area contributed by atoms with E-state index in [2.05, 4.69) is 19.0 Å². The summed E-state index contributed by atoms with van der Waals surface area (Å²) in [5.41, 5.74) is 1.31. The van der Waals surface area contributed by atoms with Crippen LogP contribution >= 0.6 is 0 Å². The molecule has 0 spiro atoms. The van der Waals surface area contributed by atoms with Crippen LogP contribution in [0.4, 0.5) is 0 Å². The van der Waals surface area contributed by atoms with Gasteiger partial charge in [-0.1, -0.05) is 31.8 Å². The molecule has 0 amide bonds.